The lowest BCUT2D eigenvalue weighted by atomic mass is 10.2. The van der Waals surface area contributed by atoms with Gasteiger partial charge in [-0.25, -0.2) is 9.59 Å². The molecule has 7 heteroatoms. The van der Waals surface area contributed by atoms with E-state index in [9.17, 15) is 14.4 Å². The summed E-state index contributed by atoms with van der Waals surface area (Å²) >= 11 is 0. The maximum atomic E-state index is 12.3. The third kappa shape index (κ3) is 6.17. The van der Waals surface area contributed by atoms with Crippen LogP contribution in [0.3, 0.4) is 0 Å². The average molecular weight is 419 g/mol. The third-order valence-corrected chi connectivity index (χ3v) is 4.08. The van der Waals surface area contributed by atoms with E-state index < -0.39 is 24.5 Å². The summed E-state index contributed by atoms with van der Waals surface area (Å²) in [7, 11) is 0. The zero-order valence-corrected chi connectivity index (χ0v) is 16.9. The first-order chi connectivity index (χ1) is 15.1. The van der Waals surface area contributed by atoms with Crippen LogP contribution in [0, 0.1) is 0 Å². The molecule has 0 aromatic heterocycles. The summed E-state index contributed by atoms with van der Waals surface area (Å²) in [4.78, 5) is 36.5. The van der Waals surface area contributed by atoms with Gasteiger partial charge in [-0.1, -0.05) is 36.4 Å². The fourth-order valence-electron chi connectivity index (χ4n) is 2.69. The fraction of sp³-hybridized carbons (Fsp3) is 0.125. The lowest BCUT2D eigenvalue weighted by Crippen LogP contribution is -2.22. The highest BCUT2D eigenvalue weighted by Crippen LogP contribution is 2.22. The van der Waals surface area contributed by atoms with Crippen molar-refractivity contribution in [3.8, 4) is 11.5 Å². The van der Waals surface area contributed by atoms with E-state index in [4.69, 9.17) is 14.2 Å². The second kappa shape index (κ2) is 10.6. The topological polar surface area (TPSA) is 90.9 Å². The van der Waals surface area contributed by atoms with E-state index in [0.29, 0.717) is 11.5 Å². The fourth-order valence-corrected chi connectivity index (χ4v) is 2.69. The molecule has 0 aliphatic rings. The van der Waals surface area contributed by atoms with Crippen molar-refractivity contribution < 1.29 is 28.6 Å². The van der Waals surface area contributed by atoms with E-state index in [2.05, 4.69) is 5.32 Å². The molecule has 0 aliphatic heterocycles. The van der Waals surface area contributed by atoms with Gasteiger partial charge in [-0.3, -0.25) is 4.79 Å². The summed E-state index contributed by atoms with van der Waals surface area (Å²) in [5.74, 6) is -0.708. The van der Waals surface area contributed by atoms with Gasteiger partial charge >= 0.3 is 11.9 Å². The molecule has 0 aliphatic carbocycles. The van der Waals surface area contributed by atoms with Crippen molar-refractivity contribution in [2.24, 2.45) is 0 Å². The average Bonchev–Trinajstić information content (AvgIpc) is 2.79. The number of rotatable bonds is 8. The summed E-state index contributed by atoms with van der Waals surface area (Å²) in [5, 5.41) is 2.56. The molecular formula is C24H21NO6. The van der Waals surface area contributed by atoms with Crippen LogP contribution in [0.4, 0.5) is 5.69 Å². The van der Waals surface area contributed by atoms with Crippen molar-refractivity contribution in [1.82, 2.24) is 0 Å². The molecule has 0 atom stereocenters. The van der Waals surface area contributed by atoms with Crippen molar-refractivity contribution in [2.45, 2.75) is 6.92 Å². The largest absolute Gasteiger partial charge is 0.462 e. The molecular weight excluding hydrogens is 398 g/mol. The Morgan fingerprint density at radius 2 is 1.48 bits per heavy atom. The monoisotopic (exact) mass is 419 g/mol. The molecule has 0 radical (unpaired) electrons. The molecule has 1 amide bonds. The highest BCUT2D eigenvalue weighted by Gasteiger charge is 2.16. The number of hydrogen-bond acceptors (Lipinski definition) is 6. The number of hydrogen-bond donors (Lipinski definition) is 1. The molecule has 0 bridgehead atoms. The second-order valence-electron chi connectivity index (χ2n) is 6.33. The van der Waals surface area contributed by atoms with Crippen molar-refractivity contribution in [2.75, 3.05) is 18.5 Å². The van der Waals surface area contributed by atoms with Gasteiger partial charge < -0.3 is 19.5 Å². The summed E-state index contributed by atoms with van der Waals surface area (Å²) in [6.45, 7) is 1.39. The number of amides is 1. The SMILES string of the molecule is CCOC(=O)c1ccccc1NC(=O)COC(=O)c1cccc(Oc2ccccc2)c1. The molecule has 158 valence electrons. The Kier molecular flexibility index (Phi) is 7.37. The molecule has 0 heterocycles. The molecule has 7 nitrogen and oxygen atoms in total. The van der Waals surface area contributed by atoms with Crippen molar-refractivity contribution in [3.05, 3.63) is 90.0 Å². The van der Waals surface area contributed by atoms with Crippen molar-refractivity contribution in [3.63, 3.8) is 0 Å². The van der Waals surface area contributed by atoms with E-state index in [1.54, 1.807) is 55.5 Å². The minimum absolute atomic E-state index is 0.214. The first-order valence-electron chi connectivity index (χ1n) is 9.63. The van der Waals surface area contributed by atoms with Gasteiger partial charge in [0.05, 0.1) is 23.4 Å². The predicted molar refractivity (Wildman–Crippen MR) is 114 cm³/mol. The van der Waals surface area contributed by atoms with E-state index >= 15 is 0 Å². The first-order valence-corrected chi connectivity index (χ1v) is 9.63. The van der Waals surface area contributed by atoms with E-state index in [1.807, 2.05) is 18.2 Å². The van der Waals surface area contributed by atoms with Gasteiger partial charge in [0.15, 0.2) is 6.61 Å². The van der Waals surface area contributed by atoms with Crippen LogP contribution < -0.4 is 10.1 Å². The predicted octanol–water partition coefficient (Wildman–Crippen LogP) is 4.45. The van der Waals surface area contributed by atoms with Gasteiger partial charge in [0, 0.05) is 0 Å². The Morgan fingerprint density at radius 1 is 0.774 bits per heavy atom. The van der Waals surface area contributed by atoms with Gasteiger partial charge in [-0.05, 0) is 49.4 Å². The maximum Gasteiger partial charge on any atom is 0.340 e. The van der Waals surface area contributed by atoms with Gasteiger partial charge in [0.2, 0.25) is 0 Å². The van der Waals surface area contributed by atoms with Crippen LogP contribution >= 0.6 is 0 Å². The minimum Gasteiger partial charge on any atom is -0.462 e. The van der Waals surface area contributed by atoms with E-state index in [1.165, 1.54) is 12.1 Å². The molecule has 0 fully saturated rings. The number of carbonyl (C=O) groups is 3. The number of ether oxygens (including phenoxy) is 3. The quantitative estimate of drug-likeness (QED) is 0.543. The molecule has 3 aromatic rings. The number of para-hydroxylation sites is 2. The molecule has 0 spiro atoms. The van der Waals surface area contributed by atoms with Gasteiger partial charge in [-0.2, -0.15) is 0 Å². The molecule has 0 saturated carbocycles. The van der Waals surface area contributed by atoms with Crippen LogP contribution in [0.15, 0.2) is 78.9 Å². The van der Waals surface area contributed by atoms with Gasteiger partial charge in [0.25, 0.3) is 5.91 Å². The van der Waals surface area contributed by atoms with Crippen LogP contribution in [-0.4, -0.2) is 31.1 Å². The Bertz CT molecular complexity index is 1060. The smallest absolute Gasteiger partial charge is 0.340 e. The number of carbonyl (C=O) groups excluding carboxylic acids is 3. The van der Waals surface area contributed by atoms with Gasteiger partial charge in [0.1, 0.15) is 11.5 Å². The summed E-state index contributed by atoms with van der Waals surface area (Å²) in [5.41, 5.74) is 0.739. The first kappa shape index (κ1) is 21.6. The molecule has 0 saturated heterocycles. The number of anilines is 1. The van der Waals surface area contributed by atoms with Gasteiger partial charge in [-0.15, -0.1) is 0 Å². The molecule has 31 heavy (non-hydrogen) atoms. The lowest BCUT2D eigenvalue weighted by Gasteiger charge is -2.11. The molecule has 1 N–H and O–H groups in total. The maximum absolute atomic E-state index is 12.3. The number of benzene rings is 3. The number of esters is 2. The van der Waals surface area contributed by atoms with Crippen molar-refractivity contribution >= 4 is 23.5 Å². The van der Waals surface area contributed by atoms with E-state index in [-0.39, 0.29) is 23.4 Å². The summed E-state index contributed by atoms with van der Waals surface area (Å²) in [6, 6.07) is 22.0. The van der Waals surface area contributed by atoms with Crippen LogP contribution in [0.25, 0.3) is 0 Å². The number of nitrogens with one attached hydrogen (secondary N) is 1. The Labute approximate surface area is 179 Å². The second-order valence-corrected chi connectivity index (χ2v) is 6.33. The lowest BCUT2D eigenvalue weighted by molar-refractivity contribution is -0.119. The van der Waals surface area contributed by atoms with Crippen molar-refractivity contribution in [1.29, 1.82) is 0 Å². The molecule has 3 rings (SSSR count). The summed E-state index contributed by atoms with van der Waals surface area (Å²) < 4.78 is 15.8. The normalized spacial score (nSPS) is 10.1. The Morgan fingerprint density at radius 3 is 2.26 bits per heavy atom. The van der Waals surface area contributed by atoms with Crippen LogP contribution in [0.1, 0.15) is 27.6 Å². The third-order valence-electron chi connectivity index (χ3n) is 4.08. The zero-order valence-electron chi connectivity index (χ0n) is 16.9. The molecule has 0 unspecified atom stereocenters. The van der Waals surface area contributed by atoms with Crippen LogP contribution in [-0.2, 0) is 14.3 Å². The highest BCUT2D eigenvalue weighted by atomic mass is 16.5. The van der Waals surface area contributed by atoms with Crippen LogP contribution in [0.5, 0.6) is 11.5 Å². The standard InChI is InChI=1S/C24H21NO6/c1-2-29-24(28)20-13-6-7-14-21(20)25-22(26)16-30-23(27)17-9-8-12-19(15-17)31-18-10-4-3-5-11-18/h3-15H,2,16H2,1H3,(H,25,26). The molecule has 3 aromatic carbocycles. The zero-order chi connectivity index (χ0) is 22.1. The minimum atomic E-state index is -0.674. The van der Waals surface area contributed by atoms with E-state index in [0.717, 1.165) is 0 Å². The van der Waals surface area contributed by atoms with Crippen LogP contribution in [0.2, 0.25) is 0 Å². The highest BCUT2D eigenvalue weighted by molar-refractivity contribution is 6.02. The Balaban J connectivity index is 1.58. The summed E-state index contributed by atoms with van der Waals surface area (Å²) in [6.07, 6.45) is 0. The Hall–Kier alpha value is -4.13.